The van der Waals surface area contributed by atoms with Gasteiger partial charge in [-0.3, -0.25) is 4.52 Å². The first kappa shape index (κ1) is 16.7. The Morgan fingerprint density at radius 1 is 1.18 bits per heavy atom. The maximum atomic E-state index is 12.0. The Morgan fingerprint density at radius 3 is 1.88 bits per heavy atom. The smallest absolute Gasteiger partial charge is 0.388 e. The van der Waals surface area contributed by atoms with E-state index >= 15 is 0 Å². The van der Waals surface area contributed by atoms with E-state index in [2.05, 4.69) is 4.52 Å². The normalized spacial score (nSPS) is 17.9. The van der Waals surface area contributed by atoms with Crippen LogP contribution in [0.15, 0.2) is 0 Å². The van der Waals surface area contributed by atoms with E-state index in [1.54, 1.807) is 0 Å². The standard InChI is InChI=1S/C5H10F3O8P/c6-5(7,8)4(11,12)3(10)2(9)1-16-17(13,14)15/h2-3,9-12H,1H2,(H2,13,14,15)/t2-,3+/m1/s1. The van der Waals surface area contributed by atoms with Crippen LogP contribution in [0.2, 0.25) is 0 Å². The van der Waals surface area contributed by atoms with Gasteiger partial charge in [-0.15, -0.1) is 0 Å². The first-order valence-electron chi connectivity index (χ1n) is 3.86. The molecule has 0 fully saturated rings. The van der Waals surface area contributed by atoms with Crippen molar-refractivity contribution in [3.05, 3.63) is 0 Å². The SMILES string of the molecule is O=P(O)(O)OC[C@@H](O)[C@H](O)C(O)(O)C(F)(F)F. The molecular weight excluding hydrogens is 276 g/mol. The summed E-state index contributed by atoms with van der Waals surface area (Å²) < 4.78 is 49.6. The lowest BCUT2D eigenvalue weighted by atomic mass is 10.0. The van der Waals surface area contributed by atoms with Crippen LogP contribution < -0.4 is 0 Å². The summed E-state index contributed by atoms with van der Waals surface area (Å²) in [4.78, 5) is 16.3. The van der Waals surface area contributed by atoms with Gasteiger partial charge in [0, 0.05) is 0 Å². The van der Waals surface area contributed by atoms with Crippen molar-refractivity contribution in [1.29, 1.82) is 0 Å². The molecule has 8 nitrogen and oxygen atoms in total. The minimum Gasteiger partial charge on any atom is -0.388 e. The molecule has 17 heavy (non-hydrogen) atoms. The van der Waals surface area contributed by atoms with Crippen molar-refractivity contribution in [2.75, 3.05) is 6.61 Å². The van der Waals surface area contributed by atoms with Crippen molar-refractivity contribution < 1.29 is 52.5 Å². The quantitative estimate of drug-likeness (QED) is 0.252. The van der Waals surface area contributed by atoms with Gasteiger partial charge < -0.3 is 30.2 Å². The first-order chi connectivity index (χ1) is 7.29. The Kier molecular flexibility index (Phi) is 5.08. The van der Waals surface area contributed by atoms with E-state index in [1.165, 1.54) is 0 Å². The maximum Gasteiger partial charge on any atom is 0.469 e. The van der Waals surface area contributed by atoms with Crippen molar-refractivity contribution in [1.82, 2.24) is 0 Å². The molecule has 0 aromatic carbocycles. The second-order valence-corrected chi connectivity index (χ2v) is 4.26. The number of alkyl halides is 3. The predicted molar refractivity (Wildman–Crippen MR) is 43.2 cm³/mol. The molecule has 0 radical (unpaired) electrons. The van der Waals surface area contributed by atoms with Gasteiger partial charge in [0.25, 0.3) is 5.79 Å². The summed E-state index contributed by atoms with van der Waals surface area (Å²) in [7, 11) is -5.07. The lowest BCUT2D eigenvalue weighted by molar-refractivity contribution is -0.386. The van der Waals surface area contributed by atoms with Gasteiger partial charge in [0.1, 0.15) is 12.2 Å². The Hall–Kier alpha value is -0.260. The highest BCUT2D eigenvalue weighted by Gasteiger charge is 2.59. The highest BCUT2D eigenvalue weighted by Crippen LogP contribution is 2.37. The van der Waals surface area contributed by atoms with Gasteiger partial charge in [0.2, 0.25) is 0 Å². The zero-order valence-corrected chi connectivity index (χ0v) is 8.84. The molecule has 0 aliphatic rings. The van der Waals surface area contributed by atoms with Crippen molar-refractivity contribution in [2.24, 2.45) is 0 Å². The Labute approximate surface area is 92.1 Å². The van der Waals surface area contributed by atoms with Crippen LogP contribution in [0, 0.1) is 0 Å². The molecule has 0 aromatic heterocycles. The van der Waals surface area contributed by atoms with Gasteiger partial charge in [-0.2, -0.15) is 13.2 Å². The fourth-order valence-electron chi connectivity index (χ4n) is 0.701. The van der Waals surface area contributed by atoms with Gasteiger partial charge in [-0.05, 0) is 0 Å². The van der Waals surface area contributed by atoms with Crippen LogP contribution in [0.3, 0.4) is 0 Å². The molecular formula is C5H10F3O8P. The van der Waals surface area contributed by atoms with Crippen molar-refractivity contribution >= 4 is 7.82 Å². The highest BCUT2D eigenvalue weighted by molar-refractivity contribution is 7.46. The maximum absolute atomic E-state index is 12.0. The van der Waals surface area contributed by atoms with Gasteiger partial charge in [-0.25, -0.2) is 4.57 Å². The average Bonchev–Trinajstić information content (AvgIpc) is 2.09. The zero-order chi connectivity index (χ0) is 14.1. The number of hydrogen-bond acceptors (Lipinski definition) is 6. The van der Waals surface area contributed by atoms with E-state index in [4.69, 9.17) is 30.2 Å². The molecule has 0 unspecified atom stereocenters. The molecule has 0 saturated heterocycles. The minimum absolute atomic E-state index is 1.43. The van der Waals surface area contributed by atoms with Crippen LogP contribution >= 0.6 is 7.82 Å². The second kappa shape index (κ2) is 5.16. The van der Waals surface area contributed by atoms with E-state index in [0.717, 1.165) is 0 Å². The third kappa shape index (κ3) is 4.85. The number of rotatable bonds is 5. The number of halogens is 3. The molecule has 0 heterocycles. The van der Waals surface area contributed by atoms with Crippen LogP contribution in [0.4, 0.5) is 13.2 Å². The second-order valence-electron chi connectivity index (χ2n) is 3.02. The summed E-state index contributed by atoms with van der Waals surface area (Å²) in [6.45, 7) is -1.43. The lowest BCUT2D eigenvalue weighted by Crippen LogP contribution is -2.59. The molecule has 2 atom stereocenters. The van der Waals surface area contributed by atoms with E-state index in [-0.39, 0.29) is 0 Å². The molecule has 0 amide bonds. The molecule has 104 valence electrons. The van der Waals surface area contributed by atoms with Gasteiger partial charge in [0.05, 0.1) is 6.61 Å². The fraction of sp³-hybridized carbons (Fsp3) is 1.00. The first-order valence-corrected chi connectivity index (χ1v) is 5.39. The molecule has 0 spiro atoms. The number of aliphatic hydroxyl groups excluding tert-OH is 2. The number of hydrogen-bond donors (Lipinski definition) is 6. The van der Waals surface area contributed by atoms with Crippen molar-refractivity contribution in [3.8, 4) is 0 Å². The Bertz CT molecular complexity index is 298. The molecule has 0 aliphatic heterocycles. The van der Waals surface area contributed by atoms with E-state index in [0.29, 0.717) is 0 Å². The predicted octanol–water partition coefficient (Wildman–Crippen LogP) is -1.94. The summed E-state index contributed by atoms with van der Waals surface area (Å²) >= 11 is 0. The summed E-state index contributed by atoms with van der Waals surface area (Å²) in [6, 6.07) is 0. The van der Waals surface area contributed by atoms with Crippen LogP contribution in [0.1, 0.15) is 0 Å². The van der Waals surface area contributed by atoms with Crippen molar-refractivity contribution in [2.45, 2.75) is 24.2 Å². The zero-order valence-electron chi connectivity index (χ0n) is 7.94. The van der Waals surface area contributed by atoms with Gasteiger partial charge in [0.15, 0.2) is 0 Å². The Balaban J connectivity index is 4.61. The van der Waals surface area contributed by atoms with Gasteiger partial charge >= 0.3 is 14.0 Å². The number of aliphatic hydroxyl groups is 4. The molecule has 0 aliphatic carbocycles. The summed E-state index contributed by atoms with van der Waals surface area (Å²) in [6.07, 6.45) is -11.4. The lowest BCUT2D eigenvalue weighted by Gasteiger charge is -2.31. The fourth-order valence-corrected chi connectivity index (χ4v) is 1.05. The Morgan fingerprint density at radius 2 is 1.59 bits per heavy atom. The highest BCUT2D eigenvalue weighted by atomic mass is 31.2. The van der Waals surface area contributed by atoms with Crippen LogP contribution in [-0.4, -0.2) is 61.0 Å². The summed E-state index contributed by atoms with van der Waals surface area (Å²) in [5.41, 5.74) is 0. The topological polar surface area (TPSA) is 148 Å². The molecule has 0 rings (SSSR count). The molecule has 0 saturated carbocycles. The van der Waals surface area contributed by atoms with Crippen LogP contribution in [0.25, 0.3) is 0 Å². The number of phosphoric acid groups is 1. The third-order valence-electron chi connectivity index (χ3n) is 1.61. The number of phosphoric ester groups is 1. The minimum atomic E-state index is -5.67. The van der Waals surface area contributed by atoms with E-state index < -0.39 is 38.6 Å². The molecule has 0 bridgehead atoms. The van der Waals surface area contributed by atoms with Crippen LogP contribution in [0.5, 0.6) is 0 Å². The average molecular weight is 286 g/mol. The third-order valence-corrected chi connectivity index (χ3v) is 2.09. The van der Waals surface area contributed by atoms with Crippen LogP contribution in [-0.2, 0) is 9.09 Å². The molecule has 6 N–H and O–H groups in total. The summed E-state index contributed by atoms with van der Waals surface area (Å²) in [5, 5.41) is 34.6. The largest absolute Gasteiger partial charge is 0.469 e. The van der Waals surface area contributed by atoms with E-state index in [9.17, 15) is 17.7 Å². The summed E-state index contributed by atoms with van der Waals surface area (Å²) in [5.74, 6) is -4.63. The molecule has 0 aromatic rings. The van der Waals surface area contributed by atoms with Crippen molar-refractivity contribution in [3.63, 3.8) is 0 Å². The monoisotopic (exact) mass is 286 g/mol. The van der Waals surface area contributed by atoms with Gasteiger partial charge in [-0.1, -0.05) is 0 Å². The van der Waals surface area contributed by atoms with E-state index in [1.807, 2.05) is 0 Å². The molecule has 12 heteroatoms.